The lowest BCUT2D eigenvalue weighted by atomic mass is 9.81. The average Bonchev–Trinajstić information content (AvgIpc) is 2.33. The predicted octanol–water partition coefficient (Wildman–Crippen LogP) is 5.07. The molecule has 18 heavy (non-hydrogen) atoms. The molecule has 0 spiro atoms. The van der Waals surface area contributed by atoms with Crippen molar-refractivity contribution < 1.29 is 0 Å². The minimum atomic E-state index is 0.420. The lowest BCUT2D eigenvalue weighted by Gasteiger charge is -2.23. The molecule has 0 radical (unpaired) electrons. The average molecular weight is 242 g/mol. The first kappa shape index (κ1) is 14.8. The first-order chi connectivity index (χ1) is 8.40. The molecule has 2 atom stereocenters. The number of benzene rings is 1. The fourth-order valence-electron chi connectivity index (χ4n) is 2.57. The van der Waals surface area contributed by atoms with Gasteiger partial charge in [-0.3, -0.25) is 0 Å². The van der Waals surface area contributed by atoms with E-state index in [4.69, 9.17) is 0 Å². The summed E-state index contributed by atoms with van der Waals surface area (Å²) in [4.78, 5) is 0. The van der Waals surface area contributed by atoms with Gasteiger partial charge in [-0.25, -0.2) is 0 Å². The van der Waals surface area contributed by atoms with Gasteiger partial charge in [-0.1, -0.05) is 32.8 Å². The number of rotatable bonds is 2. The normalized spacial score (nSPS) is 13.7. The largest absolute Gasteiger partial charge is 0.103 e. The molecular weight excluding hydrogens is 216 g/mol. The van der Waals surface area contributed by atoms with Gasteiger partial charge in [-0.15, -0.1) is 5.92 Å². The molecule has 0 saturated heterocycles. The summed E-state index contributed by atoms with van der Waals surface area (Å²) in [7, 11) is 0. The van der Waals surface area contributed by atoms with E-state index in [0.29, 0.717) is 11.8 Å². The fraction of sp³-hybridized carbons (Fsp3) is 0.556. The Bertz CT molecular complexity index is 457. The van der Waals surface area contributed by atoms with Crippen LogP contribution in [0.2, 0.25) is 0 Å². The van der Waals surface area contributed by atoms with E-state index in [0.717, 1.165) is 6.42 Å². The molecule has 1 aromatic carbocycles. The van der Waals surface area contributed by atoms with Crippen molar-refractivity contribution in [3.8, 4) is 11.8 Å². The van der Waals surface area contributed by atoms with Crippen molar-refractivity contribution in [2.24, 2.45) is 5.92 Å². The van der Waals surface area contributed by atoms with Crippen molar-refractivity contribution in [2.75, 3.05) is 0 Å². The van der Waals surface area contributed by atoms with E-state index >= 15 is 0 Å². The highest BCUT2D eigenvalue weighted by Crippen LogP contribution is 2.32. The van der Waals surface area contributed by atoms with E-state index in [1.165, 1.54) is 27.8 Å². The molecule has 0 saturated carbocycles. The Morgan fingerprint density at radius 1 is 1.00 bits per heavy atom. The molecule has 0 heterocycles. The highest BCUT2D eigenvalue weighted by atomic mass is 14.2. The van der Waals surface area contributed by atoms with Crippen LogP contribution in [0.1, 0.15) is 60.9 Å². The van der Waals surface area contributed by atoms with Gasteiger partial charge >= 0.3 is 0 Å². The summed E-state index contributed by atoms with van der Waals surface area (Å²) in [6, 6.07) is 2.29. The van der Waals surface area contributed by atoms with Gasteiger partial charge in [-0.05, 0) is 61.4 Å². The third kappa shape index (κ3) is 2.96. The lowest BCUT2D eigenvalue weighted by Crippen LogP contribution is -2.10. The van der Waals surface area contributed by atoms with Crippen molar-refractivity contribution in [3.05, 3.63) is 33.9 Å². The SMILES string of the molecule is CCC#CC(C)C(C)c1c(C)c(C)cc(C)c1C. The zero-order valence-electron chi connectivity index (χ0n) is 12.9. The molecule has 0 bridgehead atoms. The van der Waals surface area contributed by atoms with Crippen LogP contribution in [0.5, 0.6) is 0 Å². The van der Waals surface area contributed by atoms with Crippen molar-refractivity contribution in [2.45, 2.75) is 60.8 Å². The van der Waals surface area contributed by atoms with E-state index < -0.39 is 0 Å². The smallest absolute Gasteiger partial charge is 0.0240 e. The van der Waals surface area contributed by atoms with Crippen LogP contribution in [0.25, 0.3) is 0 Å². The Hall–Kier alpha value is -1.22. The van der Waals surface area contributed by atoms with E-state index in [1.807, 2.05) is 0 Å². The Balaban J connectivity index is 3.24. The minimum Gasteiger partial charge on any atom is -0.103 e. The van der Waals surface area contributed by atoms with Crippen LogP contribution in [0.3, 0.4) is 0 Å². The molecule has 0 aliphatic heterocycles. The topological polar surface area (TPSA) is 0 Å². The molecule has 0 heteroatoms. The lowest BCUT2D eigenvalue weighted by molar-refractivity contribution is 0.602. The van der Waals surface area contributed by atoms with Crippen LogP contribution in [0.4, 0.5) is 0 Å². The van der Waals surface area contributed by atoms with Gasteiger partial charge in [0, 0.05) is 12.3 Å². The van der Waals surface area contributed by atoms with Gasteiger partial charge in [0.1, 0.15) is 0 Å². The summed E-state index contributed by atoms with van der Waals surface area (Å²) >= 11 is 0. The third-order valence-electron chi connectivity index (χ3n) is 4.14. The van der Waals surface area contributed by atoms with Crippen LogP contribution in [0.15, 0.2) is 6.07 Å². The van der Waals surface area contributed by atoms with Crippen LogP contribution in [0, 0.1) is 45.5 Å². The molecule has 98 valence electrons. The van der Waals surface area contributed by atoms with Gasteiger partial charge < -0.3 is 0 Å². The van der Waals surface area contributed by atoms with Crippen LogP contribution >= 0.6 is 0 Å². The summed E-state index contributed by atoms with van der Waals surface area (Å²) < 4.78 is 0. The molecule has 1 rings (SSSR count). The van der Waals surface area contributed by atoms with Crippen molar-refractivity contribution >= 4 is 0 Å². The summed E-state index contributed by atoms with van der Waals surface area (Å²) in [5.74, 6) is 7.51. The molecular formula is C18H26. The summed E-state index contributed by atoms with van der Waals surface area (Å²) in [6.07, 6.45) is 0.946. The van der Waals surface area contributed by atoms with E-state index in [-0.39, 0.29) is 0 Å². The second kappa shape index (κ2) is 6.10. The van der Waals surface area contributed by atoms with Gasteiger partial charge in [-0.2, -0.15) is 0 Å². The second-order valence-electron chi connectivity index (χ2n) is 5.43. The molecule has 0 nitrogen and oxygen atoms in total. The van der Waals surface area contributed by atoms with Crippen LogP contribution < -0.4 is 0 Å². The summed E-state index contributed by atoms with van der Waals surface area (Å²) in [5, 5.41) is 0. The quantitative estimate of drug-likeness (QED) is 0.635. The molecule has 2 unspecified atom stereocenters. The minimum absolute atomic E-state index is 0.420. The number of hydrogen-bond donors (Lipinski definition) is 0. The second-order valence-corrected chi connectivity index (χ2v) is 5.43. The van der Waals surface area contributed by atoms with Crippen LogP contribution in [-0.4, -0.2) is 0 Å². The Morgan fingerprint density at radius 2 is 1.50 bits per heavy atom. The maximum atomic E-state index is 3.37. The maximum absolute atomic E-state index is 3.37. The standard InChI is InChI=1S/C18H26/c1-8-9-10-12(2)15(5)18-16(6)13(3)11-14(4)17(18)7/h11-12,15H,8H2,1-7H3. The number of hydrogen-bond acceptors (Lipinski definition) is 0. The van der Waals surface area contributed by atoms with E-state index in [9.17, 15) is 0 Å². The van der Waals surface area contributed by atoms with Crippen LogP contribution in [-0.2, 0) is 0 Å². The zero-order chi connectivity index (χ0) is 13.9. The first-order valence-corrected chi connectivity index (χ1v) is 6.95. The monoisotopic (exact) mass is 242 g/mol. The van der Waals surface area contributed by atoms with Crippen molar-refractivity contribution in [1.29, 1.82) is 0 Å². The Kier molecular flexibility index (Phi) is 5.03. The van der Waals surface area contributed by atoms with Gasteiger partial charge in [0.2, 0.25) is 0 Å². The molecule has 0 N–H and O–H groups in total. The molecule has 0 aliphatic carbocycles. The first-order valence-electron chi connectivity index (χ1n) is 6.95. The van der Waals surface area contributed by atoms with Gasteiger partial charge in [0.05, 0.1) is 0 Å². The highest BCUT2D eigenvalue weighted by Gasteiger charge is 2.18. The Morgan fingerprint density at radius 3 is 1.94 bits per heavy atom. The van der Waals surface area contributed by atoms with E-state index in [1.54, 1.807) is 0 Å². The number of aryl methyl sites for hydroxylation is 2. The maximum Gasteiger partial charge on any atom is 0.0240 e. The van der Waals surface area contributed by atoms with E-state index in [2.05, 4.69) is 66.4 Å². The summed E-state index contributed by atoms with van der Waals surface area (Å²) in [5.41, 5.74) is 7.18. The zero-order valence-corrected chi connectivity index (χ0v) is 12.9. The Labute approximate surface area is 113 Å². The van der Waals surface area contributed by atoms with Gasteiger partial charge in [0.25, 0.3) is 0 Å². The van der Waals surface area contributed by atoms with Crippen molar-refractivity contribution in [3.63, 3.8) is 0 Å². The predicted molar refractivity (Wildman–Crippen MR) is 81.0 cm³/mol. The molecule has 0 amide bonds. The fourth-order valence-corrected chi connectivity index (χ4v) is 2.57. The summed E-state index contributed by atoms with van der Waals surface area (Å²) in [6.45, 7) is 15.6. The van der Waals surface area contributed by atoms with Gasteiger partial charge in [0.15, 0.2) is 0 Å². The molecule has 1 aromatic rings. The molecule has 0 aromatic heterocycles. The molecule has 0 fully saturated rings. The third-order valence-corrected chi connectivity index (χ3v) is 4.14. The van der Waals surface area contributed by atoms with Crippen molar-refractivity contribution in [1.82, 2.24) is 0 Å². The highest BCUT2D eigenvalue weighted by molar-refractivity contribution is 5.46. The molecule has 0 aliphatic rings.